The first kappa shape index (κ1) is 7.46. The number of rotatable bonds is 1. The number of nitrogens with one attached hydrogen (secondary N) is 1. The molecule has 0 aliphatic carbocycles. The van der Waals surface area contributed by atoms with E-state index in [0.717, 1.165) is 0 Å². The Morgan fingerprint density at radius 2 is 1.70 bits per heavy atom. The van der Waals surface area contributed by atoms with Crippen molar-refractivity contribution >= 4 is 20.8 Å². The molecule has 1 aliphatic rings. The van der Waals surface area contributed by atoms with E-state index >= 15 is 0 Å². The summed E-state index contributed by atoms with van der Waals surface area (Å²) in [6.07, 6.45) is 3.44. The van der Waals surface area contributed by atoms with Crippen molar-refractivity contribution in [2.45, 2.75) is 25.4 Å². The topological polar surface area (TPSA) is 36.8 Å². The third kappa shape index (κ3) is 1.67. The van der Waals surface area contributed by atoms with Crippen molar-refractivity contribution in [1.82, 2.24) is 5.32 Å². The van der Waals surface area contributed by atoms with Gasteiger partial charge in [0.2, 0.25) is 0 Å². The first-order valence-electron chi connectivity index (χ1n) is 3.40. The summed E-state index contributed by atoms with van der Waals surface area (Å²) in [6, 6.07) is 0. The molecule has 0 fully saturated rings. The number of aliphatic imine (C=N–C) groups is 2. The normalized spacial score (nSPS) is 19.1. The van der Waals surface area contributed by atoms with Gasteiger partial charge < -0.3 is 5.32 Å². The van der Waals surface area contributed by atoms with Crippen molar-refractivity contribution < 1.29 is 0 Å². The van der Waals surface area contributed by atoms with Gasteiger partial charge in [-0.25, -0.2) is 0 Å². The van der Waals surface area contributed by atoms with Gasteiger partial charge in [-0.1, -0.05) is 19.6 Å². The van der Waals surface area contributed by atoms with Crippen molar-refractivity contribution in [3.8, 4) is 0 Å². The average molecular weight is 155 g/mol. The van der Waals surface area contributed by atoms with Crippen molar-refractivity contribution in [2.24, 2.45) is 9.98 Å². The molecule has 56 valence electrons. The number of nitrogens with zero attached hydrogens (tertiary/aromatic N) is 2. The van der Waals surface area contributed by atoms with E-state index in [4.69, 9.17) is 0 Å². The van der Waals surface area contributed by atoms with E-state index in [1.165, 1.54) is 0 Å². The van der Waals surface area contributed by atoms with Crippen LogP contribution in [0.1, 0.15) is 0 Å². The second kappa shape index (κ2) is 2.54. The number of hydrogen-bond donors (Lipinski definition) is 1. The smallest absolute Gasteiger partial charge is 0.129 e. The van der Waals surface area contributed by atoms with Gasteiger partial charge in [0.25, 0.3) is 0 Å². The summed E-state index contributed by atoms with van der Waals surface area (Å²) < 4.78 is 0. The van der Waals surface area contributed by atoms with Gasteiger partial charge in [-0.05, 0) is 0 Å². The third-order valence-electron chi connectivity index (χ3n) is 1.36. The van der Waals surface area contributed by atoms with Crippen LogP contribution in [0.2, 0.25) is 19.6 Å². The van der Waals surface area contributed by atoms with Gasteiger partial charge in [0.1, 0.15) is 13.9 Å². The van der Waals surface area contributed by atoms with E-state index in [9.17, 15) is 0 Å². The molecule has 1 aliphatic heterocycles. The molecule has 0 saturated heterocycles. The minimum atomic E-state index is -1.19. The fourth-order valence-corrected chi connectivity index (χ4v) is 1.79. The predicted octanol–water partition coefficient (Wildman–Crippen LogP) is 0.850. The fourth-order valence-electron chi connectivity index (χ4n) is 0.746. The highest BCUT2D eigenvalue weighted by molar-refractivity contribution is 6.77. The molecular weight excluding hydrogens is 142 g/mol. The van der Waals surface area contributed by atoms with Gasteiger partial charge in [0.05, 0.1) is 12.7 Å². The molecule has 0 radical (unpaired) electrons. The lowest BCUT2D eigenvalue weighted by Crippen LogP contribution is -2.38. The molecule has 10 heavy (non-hydrogen) atoms. The third-order valence-corrected chi connectivity index (χ3v) is 3.20. The van der Waals surface area contributed by atoms with Crippen molar-refractivity contribution in [2.75, 3.05) is 0 Å². The highest BCUT2D eigenvalue weighted by Crippen LogP contribution is 2.12. The summed E-state index contributed by atoms with van der Waals surface area (Å²) in [5, 5.41) is 2.83. The molecule has 0 aromatic carbocycles. The quantitative estimate of drug-likeness (QED) is 0.560. The highest BCUT2D eigenvalue weighted by atomic mass is 28.3. The SMILES string of the molecule is C[Si](C)(C)C1N=CNC=N1. The van der Waals surface area contributed by atoms with Crippen molar-refractivity contribution in [1.29, 1.82) is 0 Å². The summed E-state index contributed by atoms with van der Waals surface area (Å²) in [5.41, 5.74) is 0. The molecule has 1 N–H and O–H groups in total. The average Bonchev–Trinajstić information content (AvgIpc) is 1.88. The number of hydrogen-bond acceptors (Lipinski definition) is 3. The molecule has 0 spiro atoms. The van der Waals surface area contributed by atoms with Crippen molar-refractivity contribution in [3.63, 3.8) is 0 Å². The molecule has 0 aromatic heterocycles. The Hall–Kier alpha value is -0.643. The van der Waals surface area contributed by atoms with Crippen LogP contribution in [-0.4, -0.2) is 26.5 Å². The van der Waals surface area contributed by atoms with E-state index in [0.29, 0.717) is 0 Å². The monoisotopic (exact) mass is 155 g/mol. The molecule has 0 amide bonds. The zero-order chi connectivity index (χ0) is 7.61. The lowest BCUT2D eigenvalue weighted by Gasteiger charge is -2.22. The van der Waals surface area contributed by atoms with E-state index in [1.54, 1.807) is 12.7 Å². The van der Waals surface area contributed by atoms with Crippen LogP contribution in [0.15, 0.2) is 9.98 Å². The first-order chi connectivity index (χ1) is 4.61. The molecule has 1 rings (SSSR count). The van der Waals surface area contributed by atoms with Crippen molar-refractivity contribution in [3.05, 3.63) is 0 Å². The van der Waals surface area contributed by atoms with E-state index in [1.807, 2.05) is 0 Å². The lowest BCUT2D eigenvalue weighted by atomic mass is 10.9. The maximum atomic E-state index is 4.23. The second-order valence-electron chi connectivity index (χ2n) is 3.46. The second-order valence-corrected chi connectivity index (χ2v) is 8.71. The van der Waals surface area contributed by atoms with Crippen LogP contribution >= 0.6 is 0 Å². The Kier molecular flexibility index (Phi) is 1.89. The molecule has 0 aromatic rings. The minimum absolute atomic E-state index is 0.216. The first-order valence-corrected chi connectivity index (χ1v) is 6.98. The van der Waals surface area contributed by atoms with Crippen LogP contribution in [0.25, 0.3) is 0 Å². The van der Waals surface area contributed by atoms with Gasteiger partial charge in [-0.15, -0.1) is 0 Å². The van der Waals surface area contributed by atoms with E-state index in [2.05, 4.69) is 34.9 Å². The van der Waals surface area contributed by atoms with Crippen LogP contribution in [-0.2, 0) is 0 Å². The maximum Gasteiger partial charge on any atom is 0.129 e. The van der Waals surface area contributed by atoms with E-state index in [-0.39, 0.29) is 5.79 Å². The Morgan fingerprint density at radius 1 is 1.20 bits per heavy atom. The van der Waals surface area contributed by atoms with Crippen LogP contribution < -0.4 is 5.32 Å². The van der Waals surface area contributed by atoms with Crippen LogP contribution in [0.4, 0.5) is 0 Å². The summed E-state index contributed by atoms with van der Waals surface area (Å²) in [6.45, 7) is 6.78. The Labute approximate surface area is 62.3 Å². The summed E-state index contributed by atoms with van der Waals surface area (Å²) in [5.74, 6) is 0.216. The molecule has 0 saturated carbocycles. The summed E-state index contributed by atoms with van der Waals surface area (Å²) >= 11 is 0. The predicted molar refractivity (Wildman–Crippen MR) is 47.3 cm³/mol. The Morgan fingerprint density at radius 3 is 2.00 bits per heavy atom. The minimum Gasteiger partial charge on any atom is -0.338 e. The van der Waals surface area contributed by atoms with Crippen LogP contribution in [0, 0.1) is 0 Å². The zero-order valence-electron chi connectivity index (χ0n) is 6.63. The fraction of sp³-hybridized carbons (Fsp3) is 0.667. The Bertz CT molecular complexity index is 156. The van der Waals surface area contributed by atoms with Crippen LogP contribution in [0.5, 0.6) is 0 Å². The molecule has 0 bridgehead atoms. The lowest BCUT2D eigenvalue weighted by molar-refractivity contribution is 0.906. The molecular formula is C6H13N3Si. The maximum absolute atomic E-state index is 4.23. The summed E-state index contributed by atoms with van der Waals surface area (Å²) in [7, 11) is -1.19. The largest absolute Gasteiger partial charge is 0.338 e. The van der Waals surface area contributed by atoms with Crippen LogP contribution in [0.3, 0.4) is 0 Å². The standard InChI is InChI=1S/C6H13N3Si/c1-10(2,3)6-8-4-7-5-9-6/h4-6H,1-3H3,(H,7,8,9). The molecule has 3 nitrogen and oxygen atoms in total. The molecule has 0 unspecified atom stereocenters. The molecule has 1 heterocycles. The zero-order valence-corrected chi connectivity index (χ0v) is 7.63. The molecule has 4 heteroatoms. The van der Waals surface area contributed by atoms with Gasteiger partial charge in [0.15, 0.2) is 0 Å². The van der Waals surface area contributed by atoms with Gasteiger partial charge in [-0.2, -0.15) is 0 Å². The summed E-state index contributed by atoms with van der Waals surface area (Å²) in [4.78, 5) is 8.46. The highest BCUT2D eigenvalue weighted by Gasteiger charge is 2.25. The van der Waals surface area contributed by atoms with Gasteiger partial charge in [-0.3, -0.25) is 9.98 Å². The molecule has 0 atom stereocenters. The van der Waals surface area contributed by atoms with Gasteiger partial charge in [0, 0.05) is 0 Å². The Balaban J connectivity index is 2.64. The van der Waals surface area contributed by atoms with Gasteiger partial charge >= 0.3 is 0 Å². The van der Waals surface area contributed by atoms with E-state index < -0.39 is 8.07 Å².